The van der Waals surface area contributed by atoms with Gasteiger partial charge in [0.1, 0.15) is 0 Å². The normalized spacial score (nSPS) is 10.6. The number of guanidine groups is 1. The fraction of sp³-hybridized carbons (Fsp3) is 0.318. The van der Waals surface area contributed by atoms with Crippen LogP contribution in [-0.2, 0) is 13.0 Å². The molecule has 2 N–H and O–H groups in total. The molecule has 0 amide bonds. The topological polar surface area (TPSA) is 98.0 Å². The fourth-order valence-corrected chi connectivity index (χ4v) is 2.66. The number of benzene rings is 2. The number of nitrogens with zero attached hydrogens (tertiary/aromatic N) is 2. The predicted octanol–water partition coefficient (Wildman–Crippen LogP) is 4.08. The Bertz CT molecular complexity index is 901. The average molecular weight is 540 g/mol. The number of aliphatic imine (C=N–C) groups is 1. The SMILES string of the molecule is C=C(C)CNC(=NCc1ccc([N+](=O)[O-])cc1)NCCc1ccc(OC)c(OC)c1.I. The van der Waals surface area contributed by atoms with Crippen LogP contribution in [0, 0.1) is 10.1 Å². The molecule has 2 rings (SSSR count). The van der Waals surface area contributed by atoms with Crippen LogP contribution < -0.4 is 20.1 Å². The molecule has 0 atom stereocenters. The van der Waals surface area contributed by atoms with E-state index in [0.717, 1.165) is 23.1 Å². The number of halogens is 1. The van der Waals surface area contributed by atoms with Crippen molar-refractivity contribution >= 4 is 35.6 Å². The molecule has 0 aliphatic carbocycles. The minimum absolute atomic E-state index is 0. The molecule has 2 aromatic rings. The van der Waals surface area contributed by atoms with Crippen molar-refractivity contribution in [2.45, 2.75) is 19.9 Å². The molecule has 0 aromatic heterocycles. The van der Waals surface area contributed by atoms with Crippen LogP contribution in [0.3, 0.4) is 0 Å². The molecule has 168 valence electrons. The second kappa shape index (κ2) is 13.5. The molecule has 0 spiro atoms. The molecular formula is C22H29IN4O4. The summed E-state index contributed by atoms with van der Waals surface area (Å²) in [6.45, 7) is 7.50. The number of methoxy groups -OCH3 is 2. The van der Waals surface area contributed by atoms with Crippen LogP contribution in [0.25, 0.3) is 0 Å². The minimum atomic E-state index is -0.414. The maximum atomic E-state index is 10.8. The van der Waals surface area contributed by atoms with E-state index in [-0.39, 0.29) is 29.7 Å². The van der Waals surface area contributed by atoms with Crippen LogP contribution >= 0.6 is 24.0 Å². The van der Waals surface area contributed by atoms with Gasteiger partial charge in [0.2, 0.25) is 0 Å². The number of rotatable bonds is 10. The summed E-state index contributed by atoms with van der Waals surface area (Å²) >= 11 is 0. The van der Waals surface area contributed by atoms with E-state index in [1.54, 1.807) is 26.4 Å². The summed E-state index contributed by atoms with van der Waals surface area (Å²) in [4.78, 5) is 14.9. The Hall–Kier alpha value is -2.82. The van der Waals surface area contributed by atoms with Crippen LogP contribution in [0.15, 0.2) is 59.6 Å². The van der Waals surface area contributed by atoms with Gasteiger partial charge in [-0.1, -0.05) is 30.4 Å². The Morgan fingerprint density at radius 3 is 2.29 bits per heavy atom. The van der Waals surface area contributed by atoms with Crippen molar-refractivity contribution in [2.75, 3.05) is 27.3 Å². The van der Waals surface area contributed by atoms with E-state index in [1.165, 1.54) is 12.1 Å². The molecule has 0 heterocycles. The van der Waals surface area contributed by atoms with Crippen LogP contribution in [-0.4, -0.2) is 38.2 Å². The molecule has 0 saturated carbocycles. The quantitative estimate of drug-likeness (QED) is 0.118. The van der Waals surface area contributed by atoms with Gasteiger partial charge in [0.25, 0.3) is 5.69 Å². The van der Waals surface area contributed by atoms with Gasteiger partial charge >= 0.3 is 0 Å². The van der Waals surface area contributed by atoms with Gasteiger partial charge in [-0.25, -0.2) is 4.99 Å². The molecule has 8 nitrogen and oxygen atoms in total. The molecule has 0 aliphatic heterocycles. The molecule has 0 saturated heterocycles. The lowest BCUT2D eigenvalue weighted by Gasteiger charge is -2.14. The zero-order valence-electron chi connectivity index (χ0n) is 18.0. The van der Waals surface area contributed by atoms with Gasteiger partial charge in [-0.3, -0.25) is 10.1 Å². The highest BCUT2D eigenvalue weighted by Gasteiger charge is 2.06. The summed E-state index contributed by atoms with van der Waals surface area (Å²) in [6, 6.07) is 12.2. The summed E-state index contributed by atoms with van der Waals surface area (Å²) in [6.07, 6.45) is 0.770. The lowest BCUT2D eigenvalue weighted by molar-refractivity contribution is -0.384. The Kier molecular flexibility index (Phi) is 11.4. The molecule has 0 unspecified atom stereocenters. The van der Waals surface area contributed by atoms with E-state index in [2.05, 4.69) is 22.2 Å². The minimum Gasteiger partial charge on any atom is -0.493 e. The van der Waals surface area contributed by atoms with Crippen LogP contribution in [0.4, 0.5) is 5.69 Å². The summed E-state index contributed by atoms with van der Waals surface area (Å²) < 4.78 is 10.6. The standard InChI is InChI=1S/C22H28N4O4.HI/c1-16(2)14-24-22(25-15-18-5-8-19(9-6-18)26(27)28)23-12-11-17-7-10-20(29-3)21(13-17)30-4;/h5-10,13H,1,11-12,14-15H2,2-4H3,(H2,23,24,25);1H. The first-order chi connectivity index (χ1) is 14.4. The highest BCUT2D eigenvalue weighted by Crippen LogP contribution is 2.27. The van der Waals surface area contributed by atoms with Crippen molar-refractivity contribution in [1.82, 2.24) is 10.6 Å². The lowest BCUT2D eigenvalue weighted by Crippen LogP contribution is -2.39. The van der Waals surface area contributed by atoms with Crippen LogP contribution in [0.1, 0.15) is 18.1 Å². The van der Waals surface area contributed by atoms with Gasteiger partial charge < -0.3 is 20.1 Å². The Morgan fingerprint density at radius 1 is 1.06 bits per heavy atom. The summed E-state index contributed by atoms with van der Waals surface area (Å²) in [5.74, 6) is 2.04. The first-order valence-electron chi connectivity index (χ1n) is 9.53. The monoisotopic (exact) mass is 540 g/mol. The second-order valence-corrected chi connectivity index (χ2v) is 6.77. The van der Waals surface area contributed by atoms with Crippen molar-refractivity contribution in [2.24, 2.45) is 4.99 Å². The van der Waals surface area contributed by atoms with Gasteiger partial charge in [0, 0.05) is 25.2 Å². The van der Waals surface area contributed by atoms with Gasteiger partial charge in [-0.05, 0) is 36.6 Å². The third-order valence-corrected chi connectivity index (χ3v) is 4.28. The number of non-ortho nitro benzene ring substituents is 1. The number of nitro groups is 1. The van der Waals surface area contributed by atoms with E-state index in [9.17, 15) is 10.1 Å². The molecule has 2 aromatic carbocycles. The van der Waals surface area contributed by atoms with Gasteiger partial charge in [0.05, 0.1) is 25.7 Å². The van der Waals surface area contributed by atoms with Crippen molar-refractivity contribution < 1.29 is 14.4 Å². The summed E-state index contributed by atoms with van der Waals surface area (Å²) in [5, 5.41) is 17.3. The first kappa shape index (κ1) is 26.2. The number of nitrogens with one attached hydrogen (secondary N) is 2. The van der Waals surface area contributed by atoms with E-state index >= 15 is 0 Å². The maximum absolute atomic E-state index is 10.8. The molecule has 31 heavy (non-hydrogen) atoms. The van der Waals surface area contributed by atoms with Gasteiger partial charge in [-0.2, -0.15) is 0 Å². The third-order valence-electron chi connectivity index (χ3n) is 4.28. The fourth-order valence-electron chi connectivity index (χ4n) is 2.66. The lowest BCUT2D eigenvalue weighted by atomic mass is 10.1. The van der Waals surface area contributed by atoms with E-state index in [4.69, 9.17) is 9.47 Å². The number of hydrogen-bond acceptors (Lipinski definition) is 5. The second-order valence-electron chi connectivity index (χ2n) is 6.77. The first-order valence-corrected chi connectivity index (χ1v) is 9.53. The maximum Gasteiger partial charge on any atom is 0.269 e. The molecule has 9 heteroatoms. The molecular weight excluding hydrogens is 511 g/mol. The van der Waals surface area contributed by atoms with Gasteiger partial charge in [0.15, 0.2) is 17.5 Å². The largest absolute Gasteiger partial charge is 0.493 e. The van der Waals surface area contributed by atoms with E-state index in [1.807, 2.05) is 25.1 Å². The Labute approximate surface area is 199 Å². The van der Waals surface area contributed by atoms with Crippen LogP contribution in [0.5, 0.6) is 11.5 Å². The van der Waals surface area contributed by atoms with Crippen molar-refractivity contribution in [3.05, 3.63) is 75.9 Å². The number of ether oxygens (including phenoxy) is 2. The predicted molar refractivity (Wildman–Crippen MR) is 134 cm³/mol. The van der Waals surface area contributed by atoms with Crippen molar-refractivity contribution in [3.63, 3.8) is 0 Å². The smallest absolute Gasteiger partial charge is 0.269 e. The summed E-state index contributed by atoms with van der Waals surface area (Å²) in [7, 11) is 3.23. The number of nitro benzene ring substituents is 1. The van der Waals surface area contributed by atoms with E-state index in [0.29, 0.717) is 37.1 Å². The third kappa shape index (κ3) is 8.83. The highest BCUT2D eigenvalue weighted by atomic mass is 127. The highest BCUT2D eigenvalue weighted by molar-refractivity contribution is 14.0. The van der Waals surface area contributed by atoms with Crippen molar-refractivity contribution in [3.8, 4) is 11.5 Å². The Balaban J connectivity index is 0.00000480. The zero-order valence-corrected chi connectivity index (χ0v) is 20.3. The molecule has 0 radical (unpaired) electrons. The van der Waals surface area contributed by atoms with Crippen molar-refractivity contribution in [1.29, 1.82) is 0 Å². The Morgan fingerprint density at radius 2 is 1.71 bits per heavy atom. The van der Waals surface area contributed by atoms with Gasteiger partial charge in [-0.15, -0.1) is 24.0 Å². The molecule has 0 aliphatic rings. The van der Waals surface area contributed by atoms with E-state index < -0.39 is 4.92 Å². The molecule has 0 fully saturated rings. The zero-order chi connectivity index (χ0) is 21.9. The molecule has 0 bridgehead atoms. The summed E-state index contributed by atoms with van der Waals surface area (Å²) in [5.41, 5.74) is 3.04. The number of hydrogen-bond donors (Lipinski definition) is 2. The van der Waals surface area contributed by atoms with Crippen LogP contribution in [0.2, 0.25) is 0 Å². The average Bonchev–Trinajstić information content (AvgIpc) is 2.75.